The van der Waals surface area contributed by atoms with Crippen LogP contribution in [0.25, 0.3) is 0 Å². The lowest BCUT2D eigenvalue weighted by Gasteiger charge is -2.30. The van der Waals surface area contributed by atoms with Gasteiger partial charge in [0.25, 0.3) is 0 Å². The number of unbranched alkanes of at least 4 members (excludes halogenated alkanes) is 9. The molecule has 0 amide bonds. The monoisotopic (exact) mass is 689 g/mol. The van der Waals surface area contributed by atoms with Crippen LogP contribution in [0.5, 0.6) is 11.5 Å². The Balaban J connectivity index is 1.72. The average Bonchev–Trinajstić information content (AvgIpc) is 3.15. The largest absolute Gasteiger partial charge is 0.497 e. The number of rotatable bonds is 29. The zero-order chi connectivity index (χ0) is 35.7. The summed E-state index contributed by atoms with van der Waals surface area (Å²) in [6, 6.07) is 25.8. The van der Waals surface area contributed by atoms with E-state index in [2.05, 4.69) is 19.0 Å². The minimum absolute atomic E-state index is 0.135. The summed E-state index contributed by atoms with van der Waals surface area (Å²) in [6.45, 7) is 7.03. The van der Waals surface area contributed by atoms with E-state index >= 15 is 0 Å². The maximum Gasteiger partial charge on any atom is 0.118 e. The zero-order valence-corrected chi connectivity index (χ0v) is 30.9. The minimum Gasteiger partial charge on any atom is -0.497 e. The van der Waals surface area contributed by atoms with Crippen molar-refractivity contribution in [3.8, 4) is 11.5 Å². The Morgan fingerprint density at radius 2 is 1.10 bits per heavy atom. The number of hydrogen-bond donors (Lipinski definition) is 2. The first-order chi connectivity index (χ1) is 24.6. The highest BCUT2D eigenvalue weighted by Crippen LogP contribution is 2.25. The van der Waals surface area contributed by atoms with Crippen LogP contribution in [0.3, 0.4) is 0 Å². The van der Waals surface area contributed by atoms with Crippen LogP contribution in [-0.4, -0.2) is 43.7 Å². The van der Waals surface area contributed by atoms with Gasteiger partial charge in [-0.1, -0.05) is 120 Å². The van der Waals surface area contributed by atoms with Crippen molar-refractivity contribution < 1.29 is 28.9 Å². The molecule has 3 aromatic carbocycles. The van der Waals surface area contributed by atoms with Gasteiger partial charge in [0.2, 0.25) is 0 Å². The number of aliphatic hydroxyl groups excluding tert-OH is 1. The molecule has 0 aliphatic rings. The number of hydrogen-bond acceptors (Lipinski definition) is 7. The first kappa shape index (κ1) is 41.1. The third kappa shape index (κ3) is 16.6. The Labute approximate surface area is 302 Å². The van der Waals surface area contributed by atoms with Crippen LogP contribution in [-0.2, 0) is 27.5 Å². The maximum atomic E-state index is 11.1. The second-order valence-corrected chi connectivity index (χ2v) is 13.2. The third-order valence-electron chi connectivity index (χ3n) is 9.18. The van der Waals surface area contributed by atoms with Gasteiger partial charge in [0.1, 0.15) is 17.6 Å². The minimum atomic E-state index is -0.716. The standard InChI is InChI=1S/C43H63NO6/c1-5-7-8-9-10-11-12-13-14-18-22-42(48-33-35-23-27-38(46-3)28-24-35)43(49-34-36-25-29-39(47-4)30-26-36)32-31-41(40(45)19-6-2)50-44-37-20-16-15-17-21-37/h6,15-17,20-21,23-30,40-45H,2,5,7-14,18-19,22,31-34H2,1,3-4H3/t40?,41-,42-,43-/m1/s1. The number of para-hydroxylation sites is 1. The molecule has 0 aliphatic carbocycles. The molecule has 0 fully saturated rings. The van der Waals surface area contributed by atoms with E-state index in [0.29, 0.717) is 32.5 Å². The molecule has 276 valence electrons. The van der Waals surface area contributed by atoms with E-state index in [-0.39, 0.29) is 12.2 Å². The summed E-state index contributed by atoms with van der Waals surface area (Å²) in [5.41, 5.74) is 6.03. The second-order valence-electron chi connectivity index (χ2n) is 13.2. The molecule has 0 spiro atoms. The van der Waals surface area contributed by atoms with Crippen LogP contribution in [0.1, 0.15) is 108 Å². The predicted octanol–water partition coefficient (Wildman–Crippen LogP) is 10.6. The van der Waals surface area contributed by atoms with Crippen LogP contribution in [0.4, 0.5) is 5.69 Å². The number of ether oxygens (including phenoxy) is 4. The normalized spacial score (nSPS) is 13.7. The molecule has 0 aromatic heterocycles. The molecule has 7 heteroatoms. The van der Waals surface area contributed by atoms with Crippen molar-refractivity contribution in [2.75, 3.05) is 19.7 Å². The van der Waals surface area contributed by atoms with Gasteiger partial charge in [-0.25, -0.2) is 0 Å². The van der Waals surface area contributed by atoms with Crippen molar-refractivity contribution in [3.05, 3.63) is 103 Å². The van der Waals surface area contributed by atoms with Gasteiger partial charge in [-0.05, 0) is 73.2 Å². The highest BCUT2D eigenvalue weighted by Gasteiger charge is 2.27. The maximum absolute atomic E-state index is 11.1. The molecule has 2 N–H and O–H groups in total. The van der Waals surface area contributed by atoms with Crippen LogP contribution >= 0.6 is 0 Å². The Morgan fingerprint density at radius 1 is 0.620 bits per heavy atom. The Bertz CT molecular complexity index is 1250. The summed E-state index contributed by atoms with van der Waals surface area (Å²) in [4.78, 5) is 6.11. The van der Waals surface area contributed by atoms with Crippen molar-refractivity contribution in [1.29, 1.82) is 0 Å². The van der Waals surface area contributed by atoms with Gasteiger partial charge in [0.05, 0.1) is 51.4 Å². The van der Waals surface area contributed by atoms with E-state index in [1.807, 2.05) is 78.9 Å². The molecular formula is C43H63NO6. The van der Waals surface area contributed by atoms with Gasteiger partial charge in [0.15, 0.2) is 0 Å². The molecule has 50 heavy (non-hydrogen) atoms. The molecule has 0 saturated heterocycles. The van der Waals surface area contributed by atoms with Crippen LogP contribution in [0.2, 0.25) is 0 Å². The SMILES string of the molecule is C=CCC(O)[C@@H](CC[C@@H](OCc1ccc(OC)cc1)[C@@H](CCCCCCCCCCCC)OCc1ccc(OC)cc1)ONc1ccccc1. The van der Waals surface area contributed by atoms with Gasteiger partial charge < -0.3 is 24.1 Å². The van der Waals surface area contributed by atoms with Gasteiger partial charge in [-0.15, -0.1) is 6.58 Å². The lowest BCUT2D eigenvalue weighted by molar-refractivity contribution is -0.101. The van der Waals surface area contributed by atoms with Crippen molar-refractivity contribution >= 4 is 5.69 Å². The van der Waals surface area contributed by atoms with Crippen molar-refractivity contribution in [2.24, 2.45) is 0 Å². The van der Waals surface area contributed by atoms with Crippen LogP contribution in [0, 0.1) is 0 Å². The Kier molecular flexibility index (Phi) is 21.0. The Hall–Kier alpha value is -3.36. The fraction of sp³-hybridized carbons (Fsp3) is 0.535. The van der Waals surface area contributed by atoms with E-state index < -0.39 is 12.2 Å². The smallest absolute Gasteiger partial charge is 0.118 e. The van der Waals surface area contributed by atoms with Gasteiger partial charge in [0, 0.05) is 0 Å². The predicted molar refractivity (Wildman–Crippen MR) is 205 cm³/mol. The third-order valence-corrected chi connectivity index (χ3v) is 9.18. The van der Waals surface area contributed by atoms with E-state index in [4.69, 9.17) is 23.8 Å². The molecule has 0 aliphatic heterocycles. The van der Waals surface area contributed by atoms with E-state index in [1.165, 1.54) is 57.8 Å². The summed E-state index contributed by atoms with van der Waals surface area (Å²) in [6.07, 6.45) is 15.5. The van der Waals surface area contributed by atoms with Crippen molar-refractivity contribution in [1.82, 2.24) is 0 Å². The Morgan fingerprint density at radius 3 is 1.60 bits per heavy atom. The van der Waals surface area contributed by atoms with Gasteiger partial charge >= 0.3 is 0 Å². The fourth-order valence-electron chi connectivity index (χ4n) is 6.07. The molecule has 0 heterocycles. The molecule has 7 nitrogen and oxygen atoms in total. The zero-order valence-electron chi connectivity index (χ0n) is 30.9. The lowest BCUT2D eigenvalue weighted by Crippen LogP contribution is -2.36. The summed E-state index contributed by atoms with van der Waals surface area (Å²) < 4.78 is 24.2. The highest BCUT2D eigenvalue weighted by atomic mass is 16.7. The molecule has 0 radical (unpaired) electrons. The number of methoxy groups -OCH3 is 2. The number of nitrogens with one attached hydrogen (secondary N) is 1. The van der Waals surface area contributed by atoms with Crippen molar-refractivity contribution in [3.63, 3.8) is 0 Å². The van der Waals surface area contributed by atoms with E-state index in [9.17, 15) is 5.11 Å². The topological polar surface area (TPSA) is 78.4 Å². The van der Waals surface area contributed by atoms with Gasteiger partial charge in [-0.2, -0.15) is 0 Å². The fourth-order valence-corrected chi connectivity index (χ4v) is 6.07. The summed E-state index contributed by atoms with van der Waals surface area (Å²) in [5, 5.41) is 11.1. The van der Waals surface area contributed by atoms with Crippen LogP contribution in [0.15, 0.2) is 91.5 Å². The molecule has 4 atom stereocenters. The van der Waals surface area contributed by atoms with Gasteiger partial charge in [-0.3, -0.25) is 10.3 Å². The molecule has 0 bridgehead atoms. The summed E-state index contributed by atoms with van der Waals surface area (Å²) in [5.74, 6) is 1.64. The number of anilines is 1. The summed E-state index contributed by atoms with van der Waals surface area (Å²) in [7, 11) is 3.35. The number of benzene rings is 3. The molecule has 3 aromatic rings. The summed E-state index contributed by atoms with van der Waals surface area (Å²) >= 11 is 0. The average molecular weight is 690 g/mol. The van der Waals surface area contributed by atoms with Crippen molar-refractivity contribution in [2.45, 2.75) is 134 Å². The first-order valence-electron chi connectivity index (χ1n) is 18.8. The van der Waals surface area contributed by atoms with E-state index in [0.717, 1.165) is 41.2 Å². The molecular weight excluding hydrogens is 626 g/mol. The first-order valence-corrected chi connectivity index (χ1v) is 18.8. The molecule has 1 unspecified atom stereocenters. The molecule has 3 rings (SSSR count). The quantitative estimate of drug-likeness (QED) is 0.0427. The van der Waals surface area contributed by atoms with Crippen LogP contribution < -0.4 is 15.0 Å². The molecule has 0 saturated carbocycles. The van der Waals surface area contributed by atoms with E-state index in [1.54, 1.807) is 20.3 Å². The number of aliphatic hydroxyl groups is 1. The highest BCUT2D eigenvalue weighted by molar-refractivity contribution is 5.40. The second kappa shape index (κ2) is 25.6. The lowest BCUT2D eigenvalue weighted by atomic mass is 9.97.